The van der Waals surface area contributed by atoms with E-state index in [0.29, 0.717) is 5.92 Å². The summed E-state index contributed by atoms with van der Waals surface area (Å²) >= 11 is 0. The highest BCUT2D eigenvalue weighted by atomic mass is 14.7. The maximum Gasteiger partial charge on any atom is 0.0630 e. The average Bonchev–Trinajstić information content (AvgIpc) is 2.53. The molecule has 0 aromatic heterocycles. The molecule has 17 heavy (non-hydrogen) atoms. The lowest BCUT2D eigenvalue weighted by molar-refractivity contribution is 0.939. The molecule has 0 bridgehead atoms. The average molecular weight is 223 g/mol. The molecule has 0 radical (unpaired) electrons. The highest BCUT2D eigenvalue weighted by molar-refractivity contribution is 5.84. The van der Waals surface area contributed by atoms with Gasteiger partial charge in [-0.3, -0.25) is 4.99 Å². The van der Waals surface area contributed by atoms with E-state index in [4.69, 9.17) is 0 Å². The SMILES string of the molecule is Cc1ccc(N=CC2=CC(C)C=CC=C2)cc1. The van der Waals surface area contributed by atoms with Crippen molar-refractivity contribution in [2.24, 2.45) is 10.9 Å². The molecule has 1 atom stereocenters. The van der Waals surface area contributed by atoms with Crippen LogP contribution in [-0.2, 0) is 0 Å². The van der Waals surface area contributed by atoms with Crippen LogP contribution >= 0.6 is 0 Å². The Morgan fingerprint density at radius 1 is 1.12 bits per heavy atom. The van der Waals surface area contributed by atoms with Crippen molar-refractivity contribution < 1.29 is 0 Å². The molecule has 86 valence electrons. The molecule has 1 aromatic carbocycles. The Bertz CT molecular complexity index is 487. The fraction of sp³-hybridized carbons (Fsp3) is 0.188. The van der Waals surface area contributed by atoms with Gasteiger partial charge >= 0.3 is 0 Å². The highest BCUT2D eigenvalue weighted by Crippen LogP contribution is 2.14. The molecule has 1 heteroatoms. The number of hydrogen-bond acceptors (Lipinski definition) is 1. The summed E-state index contributed by atoms with van der Waals surface area (Å²) in [5.74, 6) is 0.462. The summed E-state index contributed by atoms with van der Waals surface area (Å²) in [5, 5.41) is 0. The van der Waals surface area contributed by atoms with Gasteiger partial charge in [0.25, 0.3) is 0 Å². The standard InChI is InChI=1S/C16H17N/c1-13-7-9-16(10-8-13)17-12-15-6-4-3-5-14(2)11-15/h3-12,14H,1-2H3. The molecule has 1 unspecified atom stereocenters. The first-order chi connectivity index (χ1) is 8.24. The molecular weight excluding hydrogens is 206 g/mol. The maximum atomic E-state index is 4.47. The van der Waals surface area contributed by atoms with Crippen molar-refractivity contribution >= 4 is 11.9 Å². The minimum atomic E-state index is 0.462. The quantitative estimate of drug-likeness (QED) is 0.659. The lowest BCUT2D eigenvalue weighted by Crippen LogP contribution is -1.86. The normalized spacial score (nSPS) is 19.4. The Kier molecular flexibility index (Phi) is 3.71. The first-order valence-electron chi connectivity index (χ1n) is 5.91. The number of benzene rings is 1. The lowest BCUT2D eigenvalue weighted by atomic mass is 10.1. The van der Waals surface area contributed by atoms with Gasteiger partial charge in [0.2, 0.25) is 0 Å². The largest absolute Gasteiger partial charge is 0.256 e. The first-order valence-corrected chi connectivity index (χ1v) is 5.91. The molecule has 1 aliphatic carbocycles. The molecule has 0 amide bonds. The van der Waals surface area contributed by atoms with E-state index in [-0.39, 0.29) is 0 Å². The van der Waals surface area contributed by atoms with E-state index in [1.165, 1.54) is 5.56 Å². The number of nitrogens with zero attached hydrogens (tertiary/aromatic N) is 1. The van der Waals surface area contributed by atoms with Crippen LogP contribution < -0.4 is 0 Å². The third-order valence-electron chi connectivity index (χ3n) is 2.67. The Morgan fingerprint density at radius 3 is 2.65 bits per heavy atom. The fourth-order valence-corrected chi connectivity index (χ4v) is 1.69. The van der Waals surface area contributed by atoms with Crippen molar-refractivity contribution in [3.8, 4) is 0 Å². The molecule has 0 heterocycles. The van der Waals surface area contributed by atoms with Gasteiger partial charge < -0.3 is 0 Å². The van der Waals surface area contributed by atoms with Gasteiger partial charge in [0.15, 0.2) is 0 Å². The molecule has 0 saturated heterocycles. The van der Waals surface area contributed by atoms with E-state index in [9.17, 15) is 0 Å². The summed E-state index contributed by atoms with van der Waals surface area (Å²) in [6.45, 7) is 4.25. The van der Waals surface area contributed by atoms with Crippen molar-refractivity contribution in [3.63, 3.8) is 0 Å². The van der Waals surface area contributed by atoms with Crippen molar-refractivity contribution in [2.75, 3.05) is 0 Å². The van der Waals surface area contributed by atoms with Crippen LogP contribution in [0.5, 0.6) is 0 Å². The minimum Gasteiger partial charge on any atom is -0.256 e. The number of rotatable bonds is 2. The Hall–Kier alpha value is -1.89. The summed E-state index contributed by atoms with van der Waals surface area (Å²) in [6.07, 6.45) is 12.5. The third-order valence-corrected chi connectivity index (χ3v) is 2.67. The van der Waals surface area contributed by atoms with E-state index in [1.54, 1.807) is 0 Å². The molecule has 2 rings (SSSR count). The fourth-order valence-electron chi connectivity index (χ4n) is 1.69. The van der Waals surface area contributed by atoms with Gasteiger partial charge in [0, 0.05) is 6.21 Å². The molecule has 0 spiro atoms. The van der Waals surface area contributed by atoms with Crippen molar-refractivity contribution in [3.05, 3.63) is 65.8 Å². The topological polar surface area (TPSA) is 12.4 Å². The van der Waals surface area contributed by atoms with E-state index < -0.39 is 0 Å². The second-order valence-electron chi connectivity index (χ2n) is 4.36. The molecule has 0 saturated carbocycles. The van der Waals surface area contributed by atoms with Gasteiger partial charge in [-0.1, -0.05) is 55.0 Å². The van der Waals surface area contributed by atoms with Crippen LogP contribution in [0, 0.1) is 12.8 Å². The Labute approximate surface area is 103 Å². The summed E-state index contributed by atoms with van der Waals surface area (Å²) in [4.78, 5) is 4.47. The van der Waals surface area contributed by atoms with Crippen LogP contribution in [0.25, 0.3) is 0 Å². The van der Waals surface area contributed by atoms with Crippen LogP contribution in [0.1, 0.15) is 12.5 Å². The van der Waals surface area contributed by atoms with E-state index in [2.05, 4.69) is 61.4 Å². The van der Waals surface area contributed by atoms with Gasteiger partial charge in [0.1, 0.15) is 0 Å². The van der Waals surface area contributed by atoms with Crippen LogP contribution in [0.15, 0.2) is 65.2 Å². The Balaban J connectivity index is 2.13. The van der Waals surface area contributed by atoms with Crippen LogP contribution in [0.4, 0.5) is 5.69 Å². The summed E-state index contributed by atoms with van der Waals surface area (Å²) < 4.78 is 0. The zero-order valence-electron chi connectivity index (χ0n) is 10.3. The molecule has 1 aliphatic rings. The number of aliphatic imine (C=N–C) groups is 1. The van der Waals surface area contributed by atoms with Gasteiger partial charge in [0.05, 0.1) is 5.69 Å². The summed E-state index contributed by atoms with van der Waals surface area (Å²) in [7, 11) is 0. The summed E-state index contributed by atoms with van der Waals surface area (Å²) in [6, 6.07) is 8.23. The van der Waals surface area contributed by atoms with E-state index in [1.807, 2.05) is 18.3 Å². The smallest absolute Gasteiger partial charge is 0.0630 e. The highest BCUT2D eigenvalue weighted by Gasteiger charge is 1.96. The number of allylic oxidation sites excluding steroid dienone is 6. The second-order valence-corrected chi connectivity index (χ2v) is 4.36. The van der Waals surface area contributed by atoms with Crippen molar-refractivity contribution in [1.82, 2.24) is 0 Å². The van der Waals surface area contributed by atoms with Gasteiger partial charge in [-0.2, -0.15) is 0 Å². The monoisotopic (exact) mass is 223 g/mol. The van der Waals surface area contributed by atoms with Gasteiger partial charge in [-0.25, -0.2) is 0 Å². The zero-order valence-corrected chi connectivity index (χ0v) is 10.3. The van der Waals surface area contributed by atoms with Gasteiger partial charge in [-0.05, 0) is 30.5 Å². The minimum absolute atomic E-state index is 0.462. The first kappa shape index (κ1) is 11.6. The van der Waals surface area contributed by atoms with E-state index in [0.717, 1.165) is 11.3 Å². The molecule has 1 aromatic rings. The Morgan fingerprint density at radius 2 is 1.88 bits per heavy atom. The zero-order chi connectivity index (χ0) is 12.1. The third kappa shape index (κ3) is 3.56. The molecule has 1 nitrogen and oxygen atoms in total. The maximum absolute atomic E-state index is 4.47. The van der Waals surface area contributed by atoms with E-state index >= 15 is 0 Å². The molecule has 0 aliphatic heterocycles. The molecular formula is C16H17N. The summed E-state index contributed by atoms with van der Waals surface area (Å²) in [5.41, 5.74) is 3.41. The number of aryl methyl sites for hydroxylation is 1. The van der Waals surface area contributed by atoms with Crippen LogP contribution in [-0.4, -0.2) is 6.21 Å². The predicted molar refractivity (Wildman–Crippen MR) is 74.9 cm³/mol. The van der Waals surface area contributed by atoms with Crippen molar-refractivity contribution in [2.45, 2.75) is 13.8 Å². The van der Waals surface area contributed by atoms with Crippen LogP contribution in [0.2, 0.25) is 0 Å². The predicted octanol–water partition coefficient (Wildman–Crippen LogP) is 4.39. The van der Waals surface area contributed by atoms with Crippen LogP contribution in [0.3, 0.4) is 0 Å². The van der Waals surface area contributed by atoms with Gasteiger partial charge in [-0.15, -0.1) is 0 Å². The van der Waals surface area contributed by atoms with Crippen molar-refractivity contribution in [1.29, 1.82) is 0 Å². The molecule has 0 N–H and O–H groups in total. The second kappa shape index (κ2) is 5.44. The lowest BCUT2D eigenvalue weighted by Gasteiger charge is -1.98. The number of hydrogen-bond donors (Lipinski definition) is 0. The molecule has 0 fully saturated rings.